The van der Waals surface area contributed by atoms with Crippen LogP contribution in [0.25, 0.3) is 6.08 Å². The summed E-state index contributed by atoms with van der Waals surface area (Å²) in [5.41, 5.74) is 1.17. The van der Waals surface area contributed by atoms with E-state index in [9.17, 15) is 9.59 Å². The molecule has 0 radical (unpaired) electrons. The zero-order valence-electron chi connectivity index (χ0n) is 14.0. The van der Waals surface area contributed by atoms with Crippen LogP contribution in [0.15, 0.2) is 42.5 Å². The number of nitrogens with zero attached hydrogens (tertiary/aromatic N) is 1. The summed E-state index contributed by atoms with van der Waals surface area (Å²) < 4.78 is 5.27. The molecular formula is C19H20N2O3S. The topological polar surface area (TPSA) is 58.6 Å². The van der Waals surface area contributed by atoms with Crippen LogP contribution in [0.2, 0.25) is 0 Å². The van der Waals surface area contributed by atoms with Crippen molar-refractivity contribution < 1.29 is 14.3 Å². The number of carbonyl (C=O) groups is 2. The number of morpholine rings is 1. The van der Waals surface area contributed by atoms with Gasteiger partial charge in [0.2, 0.25) is 5.91 Å². The third-order valence-corrected chi connectivity index (χ3v) is 4.80. The largest absolute Gasteiger partial charge is 0.378 e. The van der Waals surface area contributed by atoms with Crippen LogP contribution >= 0.6 is 11.3 Å². The van der Waals surface area contributed by atoms with Gasteiger partial charge in [-0.3, -0.25) is 9.59 Å². The molecule has 0 bridgehead atoms. The third kappa shape index (κ3) is 4.78. The zero-order valence-corrected chi connectivity index (χ0v) is 14.8. The molecule has 1 fully saturated rings. The summed E-state index contributed by atoms with van der Waals surface area (Å²) in [6.07, 6.45) is 3.29. The lowest BCUT2D eigenvalue weighted by atomic mass is 10.1. The van der Waals surface area contributed by atoms with E-state index in [0.717, 1.165) is 4.88 Å². The molecule has 2 aromatic rings. The second-order valence-electron chi connectivity index (χ2n) is 5.76. The number of benzene rings is 1. The number of thiophene rings is 1. The van der Waals surface area contributed by atoms with Gasteiger partial charge in [-0.25, -0.2) is 0 Å². The number of hydrogen-bond donors (Lipinski definition) is 1. The first-order valence-electron chi connectivity index (χ1n) is 8.14. The number of anilines is 1. The van der Waals surface area contributed by atoms with Crippen molar-refractivity contribution in [1.29, 1.82) is 0 Å². The maximum absolute atomic E-state index is 12.5. The van der Waals surface area contributed by atoms with Crippen LogP contribution < -0.4 is 5.32 Å². The Bertz CT molecular complexity index is 791. The quantitative estimate of drug-likeness (QED) is 0.856. The summed E-state index contributed by atoms with van der Waals surface area (Å²) in [6.45, 7) is 4.35. The van der Waals surface area contributed by atoms with E-state index in [0.29, 0.717) is 37.6 Å². The summed E-state index contributed by atoms with van der Waals surface area (Å²) in [6, 6.07) is 11.0. The van der Waals surface area contributed by atoms with E-state index in [2.05, 4.69) is 5.32 Å². The van der Waals surface area contributed by atoms with E-state index >= 15 is 0 Å². The van der Waals surface area contributed by atoms with E-state index in [1.54, 1.807) is 46.6 Å². The fourth-order valence-electron chi connectivity index (χ4n) is 2.56. The molecule has 5 nitrogen and oxygen atoms in total. The predicted octanol–water partition coefficient (Wildman–Crippen LogP) is 3.18. The maximum Gasteiger partial charge on any atom is 0.254 e. The molecule has 1 aliphatic rings. The molecule has 3 rings (SSSR count). The summed E-state index contributed by atoms with van der Waals surface area (Å²) in [5, 5.41) is 2.80. The number of rotatable bonds is 4. The zero-order chi connectivity index (χ0) is 17.6. The Morgan fingerprint density at radius 3 is 2.72 bits per heavy atom. The molecule has 2 heterocycles. The lowest BCUT2D eigenvalue weighted by Crippen LogP contribution is -2.40. The summed E-state index contributed by atoms with van der Waals surface area (Å²) in [4.78, 5) is 28.6. The van der Waals surface area contributed by atoms with Crippen molar-refractivity contribution in [1.82, 2.24) is 4.90 Å². The SMILES string of the molecule is Cc1ccc(C=CC(=O)Nc2cccc(C(=O)N3CCOCC3)c2)s1. The van der Waals surface area contributed by atoms with Gasteiger partial charge in [-0.05, 0) is 43.3 Å². The van der Waals surface area contributed by atoms with Crippen molar-refractivity contribution in [3.8, 4) is 0 Å². The molecule has 0 atom stereocenters. The Morgan fingerprint density at radius 1 is 1.20 bits per heavy atom. The normalized spacial score (nSPS) is 14.7. The Balaban J connectivity index is 1.63. The van der Waals surface area contributed by atoms with Gasteiger partial charge in [-0.2, -0.15) is 0 Å². The maximum atomic E-state index is 12.5. The summed E-state index contributed by atoms with van der Waals surface area (Å²) in [5.74, 6) is -0.258. The minimum absolute atomic E-state index is 0.0380. The molecule has 0 unspecified atom stereocenters. The molecule has 0 saturated carbocycles. The second kappa shape index (κ2) is 8.09. The van der Waals surface area contributed by atoms with E-state index in [1.165, 1.54) is 11.0 Å². The molecule has 25 heavy (non-hydrogen) atoms. The molecule has 1 saturated heterocycles. The van der Waals surface area contributed by atoms with Gasteiger partial charge in [0.1, 0.15) is 0 Å². The highest BCUT2D eigenvalue weighted by molar-refractivity contribution is 7.12. The number of amides is 2. The monoisotopic (exact) mass is 356 g/mol. The molecule has 0 aliphatic carbocycles. The molecule has 1 aromatic heterocycles. The molecule has 1 N–H and O–H groups in total. The van der Waals surface area contributed by atoms with Crippen LogP contribution in [-0.2, 0) is 9.53 Å². The van der Waals surface area contributed by atoms with Gasteiger partial charge in [0.25, 0.3) is 5.91 Å². The van der Waals surface area contributed by atoms with Crippen LogP contribution in [0.3, 0.4) is 0 Å². The van der Waals surface area contributed by atoms with Crippen LogP contribution in [0.4, 0.5) is 5.69 Å². The molecule has 1 aromatic carbocycles. The molecule has 130 valence electrons. The first-order chi connectivity index (χ1) is 12.1. The van der Waals surface area contributed by atoms with E-state index in [4.69, 9.17) is 4.74 Å². The van der Waals surface area contributed by atoms with Crippen LogP contribution in [0.1, 0.15) is 20.1 Å². The number of carbonyl (C=O) groups excluding carboxylic acids is 2. The average Bonchev–Trinajstić information content (AvgIpc) is 3.06. The molecule has 0 spiro atoms. The first kappa shape index (κ1) is 17.4. The van der Waals surface area contributed by atoms with Gasteiger partial charge in [-0.15, -0.1) is 11.3 Å². The van der Waals surface area contributed by atoms with Crippen molar-refractivity contribution >= 4 is 34.9 Å². The van der Waals surface area contributed by atoms with Crippen LogP contribution in [0.5, 0.6) is 0 Å². The minimum atomic E-state index is -0.220. The van der Waals surface area contributed by atoms with Crippen molar-refractivity contribution in [3.05, 3.63) is 57.8 Å². The predicted molar refractivity (Wildman–Crippen MR) is 99.9 cm³/mol. The number of ether oxygens (including phenoxy) is 1. The highest BCUT2D eigenvalue weighted by Crippen LogP contribution is 2.17. The van der Waals surface area contributed by atoms with Gasteiger partial charge in [-0.1, -0.05) is 6.07 Å². The van der Waals surface area contributed by atoms with E-state index in [-0.39, 0.29) is 11.8 Å². The Hall–Kier alpha value is -2.44. The van der Waals surface area contributed by atoms with Crippen molar-refractivity contribution in [3.63, 3.8) is 0 Å². The van der Waals surface area contributed by atoms with Gasteiger partial charge >= 0.3 is 0 Å². The van der Waals surface area contributed by atoms with Gasteiger partial charge in [0.15, 0.2) is 0 Å². The minimum Gasteiger partial charge on any atom is -0.378 e. The van der Waals surface area contributed by atoms with E-state index in [1.807, 2.05) is 19.1 Å². The van der Waals surface area contributed by atoms with Gasteiger partial charge in [0, 0.05) is 40.2 Å². The molecule has 1 aliphatic heterocycles. The fourth-order valence-corrected chi connectivity index (χ4v) is 3.34. The Labute approximate surface area is 150 Å². The number of hydrogen-bond acceptors (Lipinski definition) is 4. The molecule has 2 amide bonds. The van der Waals surface area contributed by atoms with Gasteiger partial charge < -0.3 is 15.0 Å². The highest BCUT2D eigenvalue weighted by Gasteiger charge is 2.18. The second-order valence-corrected chi connectivity index (χ2v) is 7.08. The lowest BCUT2D eigenvalue weighted by Gasteiger charge is -2.27. The van der Waals surface area contributed by atoms with Crippen molar-refractivity contribution in [2.75, 3.05) is 31.6 Å². The summed E-state index contributed by atoms with van der Waals surface area (Å²) in [7, 11) is 0. The highest BCUT2D eigenvalue weighted by atomic mass is 32.1. The first-order valence-corrected chi connectivity index (χ1v) is 8.96. The molecule has 6 heteroatoms. The fraction of sp³-hybridized carbons (Fsp3) is 0.263. The third-order valence-electron chi connectivity index (χ3n) is 3.84. The number of aryl methyl sites for hydroxylation is 1. The smallest absolute Gasteiger partial charge is 0.254 e. The number of nitrogens with one attached hydrogen (secondary N) is 1. The van der Waals surface area contributed by atoms with Gasteiger partial charge in [0.05, 0.1) is 13.2 Å². The molecular weight excluding hydrogens is 336 g/mol. The average molecular weight is 356 g/mol. The lowest BCUT2D eigenvalue weighted by molar-refractivity contribution is -0.111. The Morgan fingerprint density at radius 2 is 2.00 bits per heavy atom. The summed E-state index contributed by atoms with van der Waals surface area (Å²) >= 11 is 1.63. The van der Waals surface area contributed by atoms with Crippen LogP contribution in [-0.4, -0.2) is 43.0 Å². The Kier molecular flexibility index (Phi) is 5.63. The van der Waals surface area contributed by atoms with Crippen LogP contribution in [0, 0.1) is 6.92 Å². The van der Waals surface area contributed by atoms with Crippen molar-refractivity contribution in [2.24, 2.45) is 0 Å². The standard InChI is InChI=1S/C19H20N2O3S/c1-14-5-6-17(25-14)7-8-18(22)20-16-4-2-3-15(13-16)19(23)21-9-11-24-12-10-21/h2-8,13H,9-12H2,1H3,(H,20,22). The van der Waals surface area contributed by atoms with Crippen molar-refractivity contribution in [2.45, 2.75) is 6.92 Å². The van der Waals surface area contributed by atoms with E-state index < -0.39 is 0 Å².